The molecule has 2 saturated heterocycles. The summed E-state index contributed by atoms with van der Waals surface area (Å²) >= 11 is 0. The average molecular weight is 361 g/mol. The number of fused-ring (bicyclic) bond motifs is 1. The number of carbonyl (C=O) groups excluding carboxylic acids is 2. The number of nitrogens with zero attached hydrogens (tertiary/aromatic N) is 3. The fraction of sp³-hybridized carbons (Fsp3) is 0.722. The number of ether oxygens (including phenoxy) is 1. The number of aromatic nitrogens is 2. The van der Waals surface area contributed by atoms with Crippen LogP contribution in [0.5, 0.6) is 0 Å². The highest BCUT2D eigenvalue weighted by Crippen LogP contribution is 2.29. The van der Waals surface area contributed by atoms with Gasteiger partial charge in [0.15, 0.2) is 5.82 Å². The van der Waals surface area contributed by atoms with E-state index in [1.807, 2.05) is 13.0 Å². The molecule has 3 heterocycles. The summed E-state index contributed by atoms with van der Waals surface area (Å²) in [5.74, 6) is 0.486. The predicted octanol–water partition coefficient (Wildman–Crippen LogP) is 1.82. The van der Waals surface area contributed by atoms with Crippen LogP contribution in [0.15, 0.2) is 6.07 Å². The smallest absolute Gasteiger partial charge is 0.323 e. The Balaban J connectivity index is 1.38. The molecule has 3 fully saturated rings. The van der Waals surface area contributed by atoms with Crippen LogP contribution in [0.2, 0.25) is 0 Å². The summed E-state index contributed by atoms with van der Waals surface area (Å²) in [4.78, 5) is 25.9. The van der Waals surface area contributed by atoms with Crippen molar-refractivity contribution in [2.75, 3.05) is 25.0 Å². The maximum absolute atomic E-state index is 12.6. The molecule has 3 aliphatic rings. The van der Waals surface area contributed by atoms with Crippen molar-refractivity contribution < 1.29 is 14.3 Å². The van der Waals surface area contributed by atoms with Crippen LogP contribution in [0, 0.1) is 6.92 Å². The van der Waals surface area contributed by atoms with Crippen LogP contribution in [0.1, 0.15) is 50.3 Å². The maximum Gasteiger partial charge on any atom is 0.323 e. The van der Waals surface area contributed by atoms with E-state index in [2.05, 4.69) is 20.4 Å². The second kappa shape index (κ2) is 7.26. The highest BCUT2D eigenvalue weighted by molar-refractivity contribution is 5.88. The lowest BCUT2D eigenvalue weighted by molar-refractivity contribution is -0.139. The molecule has 2 N–H and O–H groups in total. The number of anilines is 1. The fourth-order valence-corrected chi connectivity index (χ4v) is 4.32. The molecule has 0 spiro atoms. The highest BCUT2D eigenvalue weighted by atomic mass is 16.5. The molecule has 2 atom stereocenters. The lowest BCUT2D eigenvalue weighted by Gasteiger charge is -2.40. The Morgan fingerprint density at radius 1 is 1.31 bits per heavy atom. The van der Waals surface area contributed by atoms with Crippen LogP contribution in [-0.4, -0.2) is 58.5 Å². The SMILES string of the molecule is Cc1cc(NC(=O)N2CC[C@@H]3OCC(=O)N[C@H]3C2)nn1C1CCCCC1. The van der Waals surface area contributed by atoms with Crippen molar-refractivity contribution in [3.8, 4) is 0 Å². The monoisotopic (exact) mass is 361 g/mol. The number of piperidine rings is 1. The summed E-state index contributed by atoms with van der Waals surface area (Å²) in [7, 11) is 0. The minimum absolute atomic E-state index is 0.00417. The Hall–Kier alpha value is -2.09. The van der Waals surface area contributed by atoms with Crippen LogP contribution >= 0.6 is 0 Å². The molecule has 26 heavy (non-hydrogen) atoms. The molecule has 1 aromatic heterocycles. The molecule has 0 radical (unpaired) electrons. The fourth-order valence-electron chi connectivity index (χ4n) is 4.32. The summed E-state index contributed by atoms with van der Waals surface area (Å²) in [6.45, 7) is 3.23. The average Bonchev–Trinajstić information content (AvgIpc) is 3.02. The van der Waals surface area contributed by atoms with Gasteiger partial charge in [-0.1, -0.05) is 19.3 Å². The van der Waals surface area contributed by atoms with Gasteiger partial charge in [0.1, 0.15) is 6.61 Å². The van der Waals surface area contributed by atoms with Crippen molar-refractivity contribution in [2.45, 2.75) is 63.6 Å². The van der Waals surface area contributed by atoms with E-state index in [-0.39, 0.29) is 30.7 Å². The summed E-state index contributed by atoms with van der Waals surface area (Å²) in [6, 6.07) is 2.08. The van der Waals surface area contributed by atoms with Crippen molar-refractivity contribution in [1.82, 2.24) is 20.0 Å². The molecule has 1 aliphatic carbocycles. The van der Waals surface area contributed by atoms with Gasteiger partial charge in [-0.25, -0.2) is 4.79 Å². The number of rotatable bonds is 2. The molecule has 4 rings (SSSR count). The number of hydrogen-bond acceptors (Lipinski definition) is 4. The van der Waals surface area contributed by atoms with Crippen LogP contribution in [-0.2, 0) is 9.53 Å². The molecule has 1 aromatic rings. The van der Waals surface area contributed by atoms with Gasteiger partial charge in [-0.15, -0.1) is 0 Å². The van der Waals surface area contributed by atoms with Crippen LogP contribution in [0.25, 0.3) is 0 Å². The Kier molecular flexibility index (Phi) is 4.84. The number of urea groups is 1. The zero-order valence-corrected chi connectivity index (χ0v) is 15.2. The first-order valence-corrected chi connectivity index (χ1v) is 9.63. The molecule has 8 nitrogen and oxygen atoms in total. The van der Waals surface area contributed by atoms with Crippen molar-refractivity contribution in [2.24, 2.45) is 0 Å². The van der Waals surface area contributed by atoms with E-state index in [0.29, 0.717) is 24.9 Å². The largest absolute Gasteiger partial charge is 0.366 e. The Morgan fingerprint density at radius 3 is 2.92 bits per heavy atom. The quantitative estimate of drug-likeness (QED) is 0.841. The third kappa shape index (κ3) is 3.56. The van der Waals surface area contributed by atoms with Gasteiger partial charge in [-0.3, -0.25) is 14.8 Å². The van der Waals surface area contributed by atoms with Gasteiger partial charge in [0, 0.05) is 24.8 Å². The zero-order chi connectivity index (χ0) is 18.1. The van der Waals surface area contributed by atoms with E-state index in [0.717, 1.165) is 25.0 Å². The van der Waals surface area contributed by atoms with E-state index < -0.39 is 0 Å². The van der Waals surface area contributed by atoms with E-state index in [4.69, 9.17) is 4.74 Å². The molecule has 0 bridgehead atoms. The molecule has 0 aromatic carbocycles. The number of nitrogens with one attached hydrogen (secondary N) is 2. The third-order valence-corrected chi connectivity index (χ3v) is 5.69. The first-order valence-electron chi connectivity index (χ1n) is 9.63. The van der Waals surface area contributed by atoms with E-state index in [1.54, 1.807) is 4.90 Å². The molecule has 2 aliphatic heterocycles. The number of morpholine rings is 1. The van der Waals surface area contributed by atoms with Gasteiger partial charge in [-0.05, 0) is 26.2 Å². The molecule has 0 unspecified atom stereocenters. The van der Waals surface area contributed by atoms with Crippen molar-refractivity contribution in [1.29, 1.82) is 0 Å². The highest BCUT2D eigenvalue weighted by Gasteiger charge is 2.36. The van der Waals surface area contributed by atoms with Crippen molar-refractivity contribution >= 4 is 17.8 Å². The van der Waals surface area contributed by atoms with Gasteiger partial charge < -0.3 is 15.0 Å². The molecule has 142 valence electrons. The number of aryl methyl sites for hydroxylation is 1. The first kappa shape index (κ1) is 17.3. The zero-order valence-electron chi connectivity index (χ0n) is 15.2. The molecule has 8 heteroatoms. The number of likely N-dealkylation sites (tertiary alicyclic amines) is 1. The predicted molar refractivity (Wildman–Crippen MR) is 96.0 cm³/mol. The standard InChI is InChI=1S/C18H27N5O3/c1-12-9-16(21-23(12)13-5-3-2-4-6-13)20-18(25)22-8-7-15-14(10-22)19-17(24)11-26-15/h9,13-15H,2-8,10-11H2,1H3,(H,19,24)(H,20,21,25)/t14-,15-/m0/s1. The van der Waals surface area contributed by atoms with E-state index in [1.165, 1.54) is 19.3 Å². The van der Waals surface area contributed by atoms with Gasteiger partial charge in [-0.2, -0.15) is 5.10 Å². The molecular formula is C18H27N5O3. The summed E-state index contributed by atoms with van der Waals surface area (Å²) in [6.07, 6.45) is 6.84. The summed E-state index contributed by atoms with van der Waals surface area (Å²) in [5.41, 5.74) is 1.08. The maximum atomic E-state index is 12.6. The summed E-state index contributed by atoms with van der Waals surface area (Å²) < 4.78 is 7.61. The summed E-state index contributed by atoms with van der Waals surface area (Å²) in [5, 5.41) is 10.5. The van der Waals surface area contributed by atoms with Crippen LogP contribution in [0.3, 0.4) is 0 Å². The van der Waals surface area contributed by atoms with Crippen LogP contribution in [0.4, 0.5) is 10.6 Å². The normalized spacial score (nSPS) is 27.0. The lowest BCUT2D eigenvalue weighted by Crippen LogP contribution is -2.61. The first-order chi connectivity index (χ1) is 12.6. The van der Waals surface area contributed by atoms with E-state index >= 15 is 0 Å². The van der Waals surface area contributed by atoms with Gasteiger partial charge >= 0.3 is 6.03 Å². The molecule has 1 saturated carbocycles. The number of hydrogen-bond donors (Lipinski definition) is 2. The van der Waals surface area contributed by atoms with Gasteiger partial charge in [0.2, 0.25) is 5.91 Å². The number of carbonyl (C=O) groups is 2. The second-order valence-corrected chi connectivity index (χ2v) is 7.60. The third-order valence-electron chi connectivity index (χ3n) is 5.69. The second-order valence-electron chi connectivity index (χ2n) is 7.60. The van der Waals surface area contributed by atoms with E-state index in [9.17, 15) is 9.59 Å². The Morgan fingerprint density at radius 2 is 2.12 bits per heavy atom. The van der Waals surface area contributed by atoms with Crippen molar-refractivity contribution in [3.63, 3.8) is 0 Å². The Bertz CT molecular complexity index is 682. The van der Waals surface area contributed by atoms with Crippen LogP contribution < -0.4 is 10.6 Å². The molecule has 3 amide bonds. The Labute approximate surface area is 153 Å². The minimum Gasteiger partial charge on any atom is -0.366 e. The number of amides is 3. The van der Waals surface area contributed by atoms with Gasteiger partial charge in [0.05, 0.1) is 18.2 Å². The topological polar surface area (TPSA) is 88.5 Å². The minimum atomic E-state index is -0.170. The van der Waals surface area contributed by atoms with Gasteiger partial charge in [0.25, 0.3) is 0 Å². The molecular weight excluding hydrogens is 334 g/mol. The van der Waals surface area contributed by atoms with Crippen molar-refractivity contribution in [3.05, 3.63) is 11.8 Å². The lowest BCUT2D eigenvalue weighted by atomic mass is 9.95.